The van der Waals surface area contributed by atoms with Gasteiger partial charge in [-0.2, -0.15) is 0 Å². The summed E-state index contributed by atoms with van der Waals surface area (Å²) in [4.78, 5) is 25.8. The molecule has 1 aliphatic heterocycles. The van der Waals surface area contributed by atoms with Crippen LogP contribution in [0.25, 0.3) is 17.4 Å². The second-order valence-electron chi connectivity index (χ2n) is 7.79. The van der Waals surface area contributed by atoms with Crippen molar-refractivity contribution in [1.82, 2.24) is 10.6 Å². The lowest BCUT2D eigenvalue weighted by atomic mass is 10.2. The zero-order chi connectivity index (χ0) is 23.9. The molecular formula is C26H25BrN2O5. The number of halogens is 1. The number of rotatable bonds is 8. The number of carbonyl (C=O) groups excluding carboxylic acids is 2. The number of ether oxygens (including phenoxy) is 2. The summed E-state index contributed by atoms with van der Waals surface area (Å²) in [6, 6.07) is 17.9. The van der Waals surface area contributed by atoms with E-state index in [0.717, 1.165) is 22.9 Å². The van der Waals surface area contributed by atoms with Crippen LogP contribution in [0, 0.1) is 0 Å². The molecule has 1 atom stereocenters. The molecule has 0 unspecified atom stereocenters. The van der Waals surface area contributed by atoms with E-state index in [4.69, 9.17) is 13.9 Å². The predicted molar refractivity (Wildman–Crippen MR) is 132 cm³/mol. The molecule has 4 rings (SSSR count). The number of nitrogens with one attached hydrogen (secondary N) is 2. The lowest BCUT2D eigenvalue weighted by Crippen LogP contribution is -2.38. The smallest absolute Gasteiger partial charge is 0.268 e. The average molecular weight is 525 g/mol. The average Bonchev–Trinajstić information content (AvgIpc) is 3.55. The van der Waals surface area contributed by atoms with Crippen molar-refractivity contribution in [2.45, 2.75) is 18.9 Å². The predicted octanol–water partition coefficient (Wildman–Crippen LogP) is 4.78. The lowest BCUT2D eigenvalue weighted by Gasteiger charge is -2.13. The van der Waals surface area contributed by atoms with Crippen molar-refractivity contribution in [3.8, 4) is 17.1 Å². The molecule has 0 spiro atoms. The lowest BCUT2D eigenvalue weighted by molar-refractivity contribution is -0.118. The number of benzene rings is 2. The molecule has 0 aliphatic carbocycles. The molecule has 0 saturated carbocycles. The van der Waals surface area contributed by atoms with E-state index in [2.05, 4.69) is 26.6 Å². The molecule has 7 nitrogen and oxygen atoms in total. The third-order valence-corrected chi connectivity index (χ3v) is 5.93. The van der Waals surface area contributed by atoms with Gasteiger partial charge in [0.1, 0.15) is 23.0 Å². The zero-order valence-electron chi connectivity index (χ0n) is 18.7. The quantitative estimate of drug-likeness (QED) is 0.413. The van der Waals surface area contributed by atoms with Gasteiger partial charge in [0.25, 0.3) is 11.8 Å². The molecule has 2 amide bonds. The standard InChI is InChI=1S/C26H25BrN2O5/c1-32-20-10-6-18(7-11-20)25(30)29-23(26(31)28-16-22-3-2-14-33-22)15-21-12-13-24(34-21)17-4-8-19(27)9-5-17/h4-13,15,22H,2-3,14,16H2,1H3,(H,28,31)(H,29,30)/b23-15-/t22-/m0/s1. The van der Waals surface area contributed by atoms with Crippen LogP contribution in [0.5, 0.6) is 5.75 Å². The van der Waals surface area contributed by atoms with Gasteiger partial charge in [0, 0.05) is 34.8 Å². The second-order valence-corrected chi connectivity index (χ2v) is 8.71. The van der Waals surface area contributed by atoms with Crippen LogP contribution in [0.2, 0.25) is 0 Å². The number of amides is 2. The number of hydrogen-bond donors (Lipinski definition) is 2. The Kier molecular flexibility index (Phi) is 7.82. The highest BCUT2D eigenvalue weighted by Gasteiger charge is 2.20. The van der Waals surface area contributed by atoms with Crippen LogP contribution in [0.15, 0.2) is 75.3 Å². The van der Waals surface area contributed by atoms with Crippen molar-refractivity contribution < 1.29 is 23.5 Å². The molecular weight excluding hydrogens is 500 g/mol. The van der Waals surface area contributed by atoms with Gasteiger partial charge in [0.05, 0.1) is 13.2 Å². The van der Waals surface area contributed by atoms with E-state index >= 15 is 0 Å². The Balaban J connectivity index is 1.54. The molecule has 1 fully saturated rings. The summed E-state index contributed by atoms with van der Waals surface area (Å²) in [6.45, 7) is 1.07. The monoisotopic (exact) mass is 524 g/mol. The Hall–Kier alpha value is -3.36. The highest BCUT2D eigenvalue weighted by molar-refractivity contribution is 9.10. The minimum absolute atomic E-state index is 0.0184. The van der Waals surface area contributed by atoms with Gasteiger partial charge in [-0.3, -0.25) is 9.59 Å². The molecule has 1 saturated heterocycles. The third kappa shape index (κ3) is 6.15. The van der Waals surface area contributed by atoms with E-state index in [1.54, 1.807) is 37.4 Å². The third-order valence-electron chi connectivity index (χ3n) is 5.40. The highest BCUT2D eigenvalue weighted by atomic mass is 79.9. The molecule has 2 heterocycles. The van der Waals surface area contributed by atoms with Gasteiger partial charge in [0.15, 0.2) is 0 Å². The first kappa shape index (κ1) is 23.8. The van der Waals surface area contributed by atoms with Gasteiger partial charge in [-0.25, -0.2) is 0 Å². The fourth-order valence-electron chi connectivity index (χ4n) is 3.54. The molecule has 0 radical (unpaired) electrons. The Morgan fingerprint density at radius 3 is 2.53 bits per heavy atom. The van der Waals surface area contributed by atoms with Crippen LogP contribution in [0.1, 0.15) is 29.0 Å². The fraction of sp³-hybridized carbons (Fsp3) is 0.231. The van der Waals surface area contributed by atoms with Gasteiger partial charge in [0.2, 0.25) is 0 Å². The van der Waals surface area contributed by atoms with Crippen molar-refractivity contribution in [3.05, 3.63) is 82.2 Å². The Bertz CT molecular complexity index is 1160. The number of hydrogen-bond acceptors (Lipinski definition) is 5. The fourth-order valence-corrected chi connectivity index (χ4v) is 3.81. The van der Waals surface area contributed by atoms with E-state index in [1.807, 2.05) is 30.3 Å². The normalized spacial score (nSPS) is 15.7. The van der Waals surface area contributed by atoms with Crippen LogP contribution in [0.3, 0.4) is 0 Å². The van der Waals surface area contributed by atoms with Gasteiger partial charge in [-0.1, -0.05) is 28.1 Å². The van der Waals surface area contributed by atoms with Crippen molar-refractivity contribution >= 4 is 33.8 Å². The highest BCUT2D eigenvalue weighted by Crippen LogP contribution is 2.25. The second kappa shape index (κ2) is 11.2. The van der Waals surface area contributed by atoms with Crippen molar-refractivity contribution in [3.63, 3.8) is 0 Å². The number of furan rings is 1. The minimum atomic E-state index is -0.418. The van der Waals surface area contributed by atoms with Crippen LogP contribution < -0.4 is 15.4 Å². The van der Waals surface area contributed by atoms with Crippen LogP contribution in [-0.2, 0) is 9.53 Å². The van der Waals surface area contributed by atoms with Gasteiger partial charge < -0.3 is 24.5 Å². The first-order chi connectivity index (χ1) is 16.5. The van der Waals surface area contributed by atoms with Crippen LogP contribution in [0.4, 0.5) is 0 Å². The summed E-state index contributed by atoms with van der Waals surface area (Å²) in [5.41, 5.74) is 1.37. The molecule has 0 bridgehead atoms. The van der Waals surface area contributed by atoms with Gasteiger partial charge >= 0.3 is 0 Å². The molecule has 3 aromatic rings. The molecule has 176 valence electrons. The zero-order valence-corrected chi connectivity index (χ0v) is 20.3. The summed E-state index contributed by atoms with van der Waals surface area (Å²) in [5.74, 6) is 0.895. The van der Waals surface area contributed by atoms with Gasteiger partial charge in [-0.15, -0.1) is 0 Å². The molecule has 34 heavy (non-hydrogen) atoms. The van der Waals surface area contributed by atoms with E-state index in [0.29, 0.717) is 36.0 Å². The van der Waals surface area contributed by atoms with Crippen LogP contribution in [-0.4, -0.2) is 38.2 Å². The van der Waals surface area contributed by atoms with E-state index < -0.39 is 11.8 Å². The van der Waals surface area contributed by atoms with E-state index in [1.165, 1.54) is 6.08 Å². The maximum atomic E-state index is 13.0. The number of methoxy groups -OCH3 is 1. The van der Waals surface area contributed by atoms with Crippen LogP contribution >= 0.6 is 15.9 Å². The molecule has 2 N–H and O–H groups in total. The Labute approximate surface area is 206 Å². The topological polar surface area (TPSA) is 89.8 Å². The number of carbonyl (C=O) groups is 2. The Morgan fingerprint density at radius 2 is 1.85 bits per heavy atom. The SMILES string of the molecule is COc1ccc(C(=O)N/C(=C\c2ccc(-c3ccc(Br)cc3)o2)C(=O)NC[C@@H]2CCCO2)cc1. The molecule has 1 aromatic heterocycles. The molecule has 2 aromatic carbocycles. The first-order valence-electron chi connectivity index (χ1n) is 10.9. The maximum absolute atomic E-state index is 13.0. The van der Waals surface area contributed by atoms with Crippen molar-refractivity contribution in [2.75, 3.05) is 20.3 Å². The van der Waals surface area contributed by atoms with E-state index in [9.17, 15) is 9.59 Å². The summed E-state index contributed by atoms with van der Waals surface area (Å²) in [5, 5.41) is 5.56. The largest absolute Gasteiger partial charge is 0.497 e. The molecule has 1 aliphatic rings. The minimum Gasteiger partial charge on any atom is -0.497 e. The first-order valence-corrected chi connectivity index (χ1v) is 11.7. The Morgan fingerprint density at radius 1 is 1.09 bits per heavy atom. The summed E-state index contributed by atoms with van der Waals surface area (Å²) in [7, 11) is 1.56. The molecule has 8 heteroatoms. The summed E-state index contributed by atoms with van der Waals surface area (Å²) < 4.78 is 17.6. The summed E-state index contributed by atoms with van der Waals surface area (Å²) in [6.07, 6.45) is 3.37. The maximum Gasteiger partial charge on any atom is 0.268 e. The van der Waals surface area contributed by atoms with Crippen molar-refractivity contribution in [1.29, 1.82) is 0 Å². The van der Waals surface area contributed by atoms with E-state index in [-0.39, 0.29) is 11.8 Å². The summed E-state index contributed by atoms with van der Waals surface area (Å²) >= 11 is 3.42. The van der Waals surface area contributed by atoms with Gasteiger partial charge in [-0.05, 0) is 61.4 Å². The van der Waals surface area contributed by atoms with Crippen molar-refractivity contribution in [2.24, 2.45) is 0 Å².